The Balaban J connectivity index is 3.93. The molecule has 0 saturated heterocycles. The highest BCUT2D eigenvalue weighted by Gasteiger charge is 2.18. The van der Waals surface area contributed by atoms with E-state index in [0.717, 1.165) is 12.7 Å². The second-order valence-corrected chi connectivity index (χ2v) is 3.73. The van der Waals surface area contributed by atoms with Gasteiger partial charge in [-0.2, -0.15) is 0 Å². The number of carbonyl (C=O) groups is 1. The van der Waals surface area contributed by atoms with Crippen LogP contribution in [-0.2, 0) is 4.79 Å². The quantitative estimate of drug-likeness (QED) is 0.618. The first-order valence-corrected chi connectivity index (χ1v) is 4.74. The zero-order valence-electron chi connectivity index (χ0n) is 8.63. The lowest BCUT2D eigenvalue weighted by atomic mass is 9.86. The van der Waals surface area contributed by atoms with E-state index in [1.54, 1.807) is 0 Å². The van der Waals surface area contributed by atoms with Crippen LogP contribution in [-0.4, -0.2) is 19.4 Å². The minimum atomic E-state index is 0.505. The summed E-state index contributed by atoms with van der Waals surface area (Å²) in [6.07, 6.45) is 2.70. The van der Waals surface area contributed by atoms with Crippen molar-refractivity contribution in [3.8, 4) is 0 Å². The lowest BCUT2D eigenvalue weighted by molar-refractivity contribution is -0.108. The van der Waals surface area contributed by atoms with E-state index >= 15 is 0 Å². The fourth-order valence-corrected chi connectivity index (χ4v) is 1.64. The van der Waals surface area contributed by atoms with Crippen molar-refractivity contribution in [1.29, 1.82) is 0 Å². The summed E-state index contributed by atoms with van der Waals surface area (Å²) in [5, 5.41) is 3.24. The van der Waals surface area contributed by atoms with E-state index < -0.39 is 0 Å². The van der Waals surface area contributed by atoms with Crippen LogP contribution < -0.4 is 5.32 Å². The molecule has 2 nitrogen and oxygen atoms in total. The Bertz CT molecular complexity index is 123. The fraction of sp³-hybridized carbons (Fsp3) is 0.900. The van der Waals surface area contributed by atoms with E-state index in [1.807, 2.05) is 7.05 Å². The van der Waals surface area contributed by atoms with Gasteiger partial charge >= 0.3 is 0 Å². The molecule has 72 valence electrons. The van der Waals surface area contributed by atoms with Crippen molar-refractivity contribution in [3.63, 3.8) is 0 Å². The topological polar surface area (TPSA) is 29.1 Å². The molecule has 0 fully saturated rings. The van der Waals surface area contributed by atoms with Gasteiger partial charge in [0.25, 0.3) is 0 Å². The van der Waals surface area contributed by atoms with Crippen LogP contribution in [0.1, 0.15) is 33.6 Å². The molecule has 0 aromatic rings. The number of nitrogens with one attached hydrogen (secondary N) is 1. The predicted molar refractivity (Wildman–Crippen MR) is 52.1 cm³/mol. The largest absolute Gasteiger partial charge is 0.317 e. The standard InChI is InChI=1S/C10H21NO/c1-8(2)10(6-5-7-12)9(3)11-4/h7-11H,5-6H2,1-4H3. The number of aldehydes is 1. The van der Waals surface area contributed by atoms with E-state index in [9.17, 15) is 4.79 Å². The van der Waals surface area contributed by atoms with E-state index in [0.29, 0.717) is 24.3 Å². The van der Waals surface area contributed by atoms with Gasteiger partial charge in [-0.1, -0.05) is 13.8 Å². The van der Waals surface area contributed by atoms with Gasteiger partial charge in [0.2, 0.25) is 0 Å². The molecular formula is C10H21NO. The third kappa shape index (κ3) is 3.86. The van der Waals surface area contributed by atoms with E-state index in [-0.39, 0.29) is 0 Å². The third-order valence-corrected chi connectivity index (χ3v) is 2.57. The van der Waals surface area contributed by atoms with Gasteiger partial charge in [-0.3, -0.25) is 0 Å². The zero-order chi connectivity index (χ0) is 9.56. The molecule has 0 aromatic heterocycles. The minimum Gasteiger partial charge on any atom is -0.317 e. The average molecular weight is 171 g/mol. The summed E-state index contributed by atoms with van der Waals surface area (Å²) in [5.74, 6) is 1.26. The summed E-state index contributed by atoms with van der Waals surface area (Å²) < 4.78 is 0. The van der Waals surface area contributed by atoms with Crippen LogP contribution in [0, 0.1) is 11.8 Å². The van der Waals surface area contributed by atoms with Gasteiger partial charge in [-0.05, 0) is 32.2 Å². The Hall–Kier alpha value is -0.370. The van der Waals surface area contributed by atoms with Crippen molar-refractivity contribution in [2.24, 2.45) is 11.8 Å². The number of hydrogen-bond acceptors (Lipinski definition) is 2. The summed E-state index contributed by atoms with van der Waals surface area (Å²) in [7, 11) is 1.97. The Labute approximate surface area is 75.7 Å². The van der Waals surface area contributed by atoms with Gasteiger partial charge < -0.3 is 10.1 Å². The molecule has 0 aliphatic heterocycles. The van der Waals surface area contributed by atoms with Crippen LogP contribution >= 0.6 is 0 Å². The number of carbonyl (C=O) groups excluding carboxylic acids is 1. The molecule has 12 heavy (non-hydrogen) atoms. The first kappa shape index (κ1) is 11.6. The molecule has 0 aliphatic carbocycles. The van der Waals surface area contributed by atoms with Crippen molar-refractivity contribution < 1.29 is 4.79 Å². The molecule has 0 aromatic carbocycles. The molecule has 0 rings (SSSR count). The Morgan fingerprint density at radius 3 is 2.25 bits per heavy atom. The highest BCUT2D eigenvalue weighted by atomic mass is 16.1. The van der Waals surface area contributed by atoms with Crippen LogP contribution in [0.25, 0.3) is 0 Å². The van der Waals surface area contributed by atoms with Crippen molar-refractivity contribution in [2.45, 2.75) is 39.7 Å². The molecule has 0 amide bonds. The highest BCUT2D eigenvalue weighted by molar-refractivity contribution is 5.49. The summed E-state index contributed by atoms with van der Waals surface area (Å²) in [6.45, 7) is 6.60. The molecule has 2 heteroatoms. The van der Waals surface area contributed by atoms with Gasteiger partial charge in [-0.15, -0.1) is 0 Å². The van der Waals surface area contributed by atoms with Gasteiger partial charge in [-0.25, -0.2) is 0 Å². The molecular weight excluding hydrogens is 150 g/mol. The van der Waals surface area contributed by atoms with Crippen LogP contribution in [0.5, 0.6) is 0 Å². The van der Waals surface area contributed by atoms with E-state index in [1.165, 1.54) is 0 Å². The summed E-state index contributed by atoms with van der Waals surface area (Å²) in [5.41, 5.74) is 0. The van der Waals surface area contributed by atoms with Crippen LogP contribution in [0.4, 0.5) is 0 Å². The Morgan fingerprint density at radius 2 is 1.92 bits per heavy atom. The van der Waals surface area contributed by atoms with Crippen molar-refractivity contribution in [1.82, 2.24) is 5.32 Å². The predicted octanol–water partition coefficient (Wildman–Crippen LogP) is 1.85. The molecule has 0 radical (unpaired) electrons. The summed E-state index contributed by atoms with van der Waals surface area (Å²) in [4.78, 5) is 10.2. The maximum atomic E-state index is 10.2. The average Bonchev–Trinajstić information content (AvgIpc) is 2.04. The smallest absolute Gasteiger partial charge is 0.120 e. The second kappa shape index (κ2) is 6.18. The van der Waals surface area contributed by atoms with Gasteiger partial charge in [0, 0.05) is 12.5 Å². The van der Waals surface area contributed by atoms with Crippen molar-refractivity contribution >= 4 is 6.29 Å². The number of hydrogen-bond donors (Lipinski definition) is 1. The highest BCUT2D eigenvalue weighted by Crippen LogP contribution is 2.20. The number of rotatable bonds is 6. The molecule has 2 atom stereocenters. The summed E-state index contributed by atoms with van der Waals surface area (Å²) in [6, 6.07) is 0.505. The Morgan fingerprint density at radius 1 is 1.33 bits per heavy atom. The van der Waals surface area contributed by atoms with Gasteiger partial charge in [0.05, 0.1) is 0 Å². The molecule has 0 spiro atoms. The normalized spacial score (nSPS) is 16.1. The minimum absolute atomic E-state index is 0.505. The lowest BCUT2D eigenvalue weighted by Crippen LogP contribution is -2.33. The van der Waals surface area contributed by atoms with Gasteiger partial charge in [0.1, 0.15) is 6.29 Å². The van der Waals surface area contributed by atoms with E-state index in [4.69, 9.17) is 0 Å². The van der Waals surface area contributed by atoms with Crippen molar-refractivity contribution in [2.75, 3.05) is 7.05 Å². The zero-order valence-corrected chi connectivity index (χ0v) is 8.63. The summed E-state index contributed by atoms with van der Waals surface area (Å²) >= 11 is 0. The van der Waals surface area contributed by atoms with Crippen molar-refractivity contribution in [3.05, 3.63) is 0 Å². The third-order valence-electron chi connectivity index (χ3n) is 2.57. The Kier molecular flexibility index (Phi) is 5.99. The lowest BCUT2D eigenvalue weighted by Gasteiger charge is -2.26. The first-order valence-electron chi connectivity index (χ1n) is 4.74. The SMILES string of the molecule is CNC(C)C(CCC=O)C(C)C. The first-order chi connectivity index (χ1) is 5.63. The molecule has 0 heterocycles. The molecule has 0 aliphatic rings. The van der Waals surface area contributed by atoms with Crippen LogP contribution in [0.2, 0.25) is 0 Å². The fourth-order valence-electron chi connectivity index (χ4n) is 1.64. The van der Waals surface area contributed by atoms with Gasteiger partial charge in [0.15, 0.2) is 0 Å². The molecule has 0 bridgehead atoms. The maximum Gasteiger partial charge on any atom is 0.120 e. The monoisotopic (exact) mass is 171 g/mol. The molecule has 0 saturated carbocycles. The van der Waals surface area contributed by atoms with E-state index in [2.05, 4.69) is 26.1 Å². The molecule has 1 N–H and O–H groups in total. The molecule has 2 unspecified atom stereocenters. The maximum absolute atomic E-state index is 10.2. The van der Waals surface area contributed by atoms with Crippen LogP contribution in [0.3, 0.4) is 0 Å². The second-order valence-electron chi connectivity index (χ2n) is 3.73. The van der Waals surface area contributed by atoms with Crippen LogP contribution in [0.15, 0.2) is 0 Å².